The van der Waals surface area contributed by atoms with Crippen molar-refractivity contribution in [2.24, 2.45) is 5.92 Å². The molecule has 0 N–H and O–H groups in total. The van der Waals surface area contributed by atoms with Crippen LogP contribution in [0.25, 0.3) is 0 Å². The standard InChI is InChI=1S/C20H30N2O3/c1-6-25-18-13-15(4)17(12-16(18)5)20(24)22-9-7-21(8-10-22)19(23)11-14(2)3/h12-14H,6-11H2,1-5H3. The lowest BCUT2D eigenvalue weighted by Crippen LogP contribution is -2.50. The molecule has 1 aliphatic heterocycles. The van der Waals surface area contributed by atoms with Gasteiger partial charge in [0.1, 0.15) is 5.75 Å². The van der Waals surface area contributed by atoms with E-state index < -0.39 is 0 Å². The number of carbonyl (C=O) groups is 2. The summed E-state index contributed by atoms with van der Waals surface area (Å²) >= 11 is 0. The topological polar surface area (TPSA) is 49.9 Å². The largest absolute Gasteiger partial charge is 0.494 e. The highest BCUT2D eigenvalue weighted by Gasteiger charge is 2.26. The first-order valence-electron chi connectivity index (χ1n) is 9.14. The van der Waals surface area contributed by atoms with Crippen LogP contribution in [-0.2, 0) is 4.79 Å². The summed E-state index contributed by atoms with van der Waals surface area (Å²) in [6.07, 6.45) is 0.575. The average molecular weight is 346 g/mol. The zero-order valence-corrected chi connectivity index (χ0v) is 16.1. The molecule has 2 amide bonds. The second-order valence-corrected chi connectivity index (χ2v) is 7.14. The van der Waals surface area contributed by atoms with Crippen LogP contribution in [0.2, 0.25) is 0 Å². The normalized spacial score (nSPS) is 14.8. The average Bonchev–Trinajstić information content (AvgIpc) is 2.57. The summed E-state index contributed by atoms with van der Waals surface area (Å²) in [6.45, 7) is 13.0. The minimum absolute atomic E-state index is 0.0413. The van der Waals surface area contributed by atoms with Gasteiger partial charge in [0.15, 0.2) is 0 Å². The molecule has 5 nitrogen and oxygen atoms in total. The van der Waals surface area contributed by atoms with Gasteiger partial charge in [-0.05, 0) is 49.9 Å². The number of benzene rings is 1. The second kappa shape index (κ2) is 8.37. The van der Waals surface area contributed by atoms with Gasteiger partial charge in [-0.15, -0.1) is 0 Å². The van der Waals surface area contributed by atoms with Crippen molar-refractivity contribution in [1.29, 1.82) is 0 Å². The fraction of sp³-hybridized carbons (Fsp3) is 0.600. The number of piperazine rings is 1. The van der Waals surface area contributed by atoms with Crippen molar-refractivity contribution in [3.05, 3.63) is 28.8 Å². The Morgan fingerprint density at radius 3 is 2.20 bits per heavy atom. The molecule has 1 saturated heterocycles. The molecule has 1 aromatic carbocycles. The molecule has 0 aromatic heterocycles. The third-order valence-corrected chi connectivity index (χ3v) is 4.55. The van der Waals surface area contributed by atoms with Crippen LogP contribution >= 0.6 is 0 Å². The third-order valence-electron chi connectivity index (χ3n) is 4.55. The zero-order chi connectivity index (χ0) is 18.6. The van der Waals surface area contributed by atoms with E-state index in [1.54, 1.807) is 0 Å². The quantitative estimate of drug-likeness (QED) is 0.823. The van der Waals surface area contributed by atoms with Gasteiger partial charge in [0, 0.05) is 38.2 Å². The molecule has 25 heavy (non-hydrogen) atoms. The molecule has 1 fully saturated rings. The van der Waals surface area contributed by atoms with Crippen molar-refractivity contribution in [3.8, 4) is 5.75 Å². The van der Waals surface area contributed by atoms with Crippen LogP contribution in [0.4, 0.5) is 0 Å². The summed E-state index contributed by atoms with van der Waals surface area (Å²) in [6, 6.07) is 3.85. The molecular formula is C20H30N2O3. The molecule has 5 heteroatoms. The van der Waals surface area contributed by atoms with E-state index in [0.717, 1.165) is 22.4 Å². The van der Waals surface area contributed by atoms with Gasteiger partial charge >= 0.3 is 0 Å². The van der Waals surface area contributed by atoms with Crippen molar-refractivity contribution in [2.45, 2.75) is 41.0 Å². The van der Waals surface area contributed by atoms with E-state index >= 15 is 0 Å². The predicted molar refractivity (Wildman–Crippen MR) is 99.0 cm³/mol. The summed E-state index contributed by atoms with van der Waals surface area (Å²) in [5, 5.41) is 0. The first-order chi connectivity index (χ1) is 11.8. The molecule has 1 heterocycles. The molecule has 0 spiro atoms. The SMILES string of the molecule is CCOc1cc(C)c(C(=O)N2CCN(C(=O)CC(C)C)CC2)cc1C. The fourth-order valence-corrected chi connectivity index (χ4v) is 3.14. The van der Waals surface area contributed by atoms with E-state index in [1.807, 2.05) is 42.7 Å². The van der Waals surface area contributed by atoms with Gasteiger partial charge in [0.25, 0.3) is 5.91 Å². The van der Waals surface area contributed by atoms with Crippen molar-refractivity contribution in [1.82, 2.24) is 9.80 Å². The molecule has 0 atom stereocenters. The van der Waals surface area contributed by atoms with E-state index in [1.165, 1.54) is 0 Å². The maximum absolute atomic E-state index is 12.9. The monoisotopic (exact) mass is 346 g/mol. The Morgan fingerprint density at radius 1 is 1.04 bits per heavy atom. The van der Waals surface area contributed by atoms with Gasteiger partial charge in [-0.25, -0.2) is 0 Å². The van der Waals surface area contributed by atoms with E-state index in [9.17, 15) is 9.59 Å². The van der Waals surface area contributed by atoms with Gasteiger partial charge in [0.2, 0.25) is 5.91 Å². The Kier molecular flexibility index (Phi) is 6.45. The first-order valence-corrected chi connectivity index (χ1v) is 9.14. The number of hydrogen-bond acceptors (Lipinski definition) is 3. The van der Waals surface area contributed by atoms with Crippen LogP contribution in [0, 0.1) is 19.8 Å². The molecule has 0 radical (unpaired) electrons. The van der Waals surface area contributed by atoms with Crippen molar-refractivity contribution in [2.75, 3.05) is 32.8 Å². The van der Waals surface area contributed by atoms with E-state index in [-0.39, 0.29) is 11.8 Å². The van der Waals surface area contributed by atoms with Gasteiger partial charge < -0.3 is 14.5 Å². The Bertz CT molecular complexity index is 632. The number of carbonyl (C=O) groups excluding carboxylic acids is 2. The Labute approximate surface area is 150 Å². The van der Waals surface area contributed by atoms with Crippen molar-refractivity contribution < 1.29 is 14.3 Å². The number of ether oxygens (including phenoxy) is 1. The van der Waals surface area contributed by atoms with E-state index in [0.29, 0.717) is 45.1 Å². The van der Waals surface area contributed by atoms with Gasteiger partial charge in [-0.3, -0.25) is 9.59 Å². The molecule has 1 aromatic rings. The third kappa shape index (κ3) is 4.74. The highest BCUT2D eigenvalue weighted by molar-refractivity contribution is 5.96. The number of amides is 2. The smallest absolute Gasteiger partial charge is 0.254 e. The maximum atomic E-state index is 12.9. The van der Waals surface area contributed by atoms with Crippen LogP contribution in [0.1, 0.15) is 48.7 Å². The second-order valence-electron chi connectivity index (χ2n) is 7.14. The Balaban J connectivity index is 2.03. The lowest BCUT2D eigenvalue weighted by molar-refractivity contribution is -0.133. The summed E-state index contributed by atoms with van der Waals surface area (Å²) < 4.78 is 5.60. The molecule has 1 aliphatic rings. The number of aryl methyl sites for hydroxylation is 2. The highest BCUT2D eigenvalue weighted by Crippen LogP contribution is 2.24. The zero-order valence-electron chi connectivity index (χ0n) is 16.1. The first kappa shape index (κ1) is 19.3. The lowest BCUT2D eigenvalue weighted by Gasteiger charge is -2.35. The minimum atomic E-state index is 0.0413. The van der Waals surface area contributed by atoms with Gasteiger partial charge in [-0.1, -0.05) is 13.8 Å². The summed E-state index contributed by atoms with van der Waals surface area (Å²) in [5.41, 5.74) is 2.63. The Hall–Kier alpha value is -2.04. The van der Waals surface area contributed by atoms with Crippen LogP contribution in [0.15, 0.2) is 12.1 Å². The number of hydrogen-bond donors (Lipinski definition) is 0. The number of rotatable bonds is 5. The van der Waals surface area contributed by atoms with Crippen LogP contribution in [-0.4, -0.2) is 54.4 Å². The Morgan fingerprint density at radius 2 is 1.64 bits per heavy atom. The van der Waals surface area contributed by atoms with Gasteiger partial charge in [0.05, 0.1) is 6.61 Å². The van der Waals surface area contributed by atoms with Crippen LogP contribution in [0.3, 0.4) is 0 Å². The molecule has 0 saturated carbocycles. The summed E-state index contributed by atoms with van der Waals surface area (Å²) in [4.78, 5) is 28.8. The minimum Gasteiger partial charge on any atom is -0.494 e. The van der Waals surface area contributed by atoms with Crippen molar-refractivity contribution >= 4 is 11.8 Å². The molecule has 0 aliphatic carbocycles. The molecule has 2 rings (SSSR count). The van der Waals surface area contributed by atoms with Crippen LogP contribution < -0.4 is 4.74 Å². The summed E-state index contributed by atoms with van der Waals surface area (Å²) in [5.74, 6) is 1.43. The predicted octanol–water partition coefficient (Wildman–Crippen LogP) is 3.03. The molecular weight excluding hydrogens is 316 g/mol. The maximum Gasteiger partial charge on any atom is 0.254 e. The highest BCUT2D eigenvalue weighted by atomic mass is 16.5. The molecule has 138 valence electrons. The summed E-state index contributed by atoms with van der Waals surface area (Å²) in [7, 11) is 0. The molecule has 0 bridgehead atoms. The van der Waals surface area contributed by atoms with E-state index in [4.69, 9.17) is 4.74 Å². The van der Waals surface area contributed by atoms with Crippen LogP contribution in [0.5, 0.6) is 5.75 Å². The fourth-order valence-electron chi connectivity index (χ4n) is 3.14. The van der Waals surface area contributed by atoms with Crippen molar-refractivity contribution in [3.63, 3.8) is 0 Å². The lowest BCUT2D eigenvalue weighted by atomic mass is 10.0. The molecule has 0 unspecified atom stereocenters. The van der Waals surface area contributed by atoms with Gasteiger partial charge in [-0.2, -0.15) is 0 Å². The van der Waals surface area contributed by atoms with E-state index in [2.05, 4.69) is 13.8 Å². The number of nitrogens with zero attached hydrogens (tertiary/aromatic N) is 2.